The monoisotopic (exact) mass is 361 g/mol. The van der Waals surface area contributed by atoms with E-state index in [1.165, 1.54) is 23.7 Å². The molecule has 1 aromatic carbocycles. The molecule has 0 saturated heterocycles. The summed E-state index contributed by atoms with van der Waals surface area (Å²) in [5.74, 6) is 0.0702. The number of nitrogens with zero attached hydrogens (tertiary/aromatic N) is 1. The number of hydrogen-bond donors (Lipinski definition) is 0. The number of hydrogen-bond acceptors (Lipinski definition) is 2. The molecule has 18 heavy (non-hydrogen) atoms. The summed E-state index contributed by atoms with van der Waals surface area (Å²) >= 11 is 2.39. The smallest absolute Gasteiger partial charge is 0.210 e. The van der Waals surface area contributed by atoms with Gasteiger partial charge in [-0.25, -0.2) is 0 Å². The number of benzene rings is 1. The number of alkyl halides is 1. The van der Waals surface area contributed by atoms with Crippen molar-refractivity contribution in [1.29, 1.82) is 0 Å². The Balaban J connectivity index is 2.44. The van der Waals surface area contributed by atoms with Gasteiger partial charge in [-0.05, 0) is 22.8 Å². The van der Waals surface area contributed by atoms with Crippen LogP contribution >= 0.6 is 22.6 Å². The van der Waals surface area contributed by atoms with E-state index in [4.69, 9.17) is 0 Å². The molecule has 0 aromatic heterocycles. The molecule has 1 atom stereocenters. The molecule has 0 aliphatic rings. The summed E-state index contributed by atoms with van der Waals surface area (Å²) in [5.41, 5.74) is 1.10. The van der Waals surface area contributed by atoms with E-state index >= 15 is 0 Å². The SMILES string of the molecule is O=[N+]([O-])CC(CCCCCCI)c1ccccc1. The minimum atomic E-state index is -0.192. The first-order chi connectivity index (χ1) is 8.74. The first-order valence-electron chi connectivity index (χ1n) is 6.46. The Morgan fingerprint density at radius 1 is 1.11 bits per heavy atom. The number of rotatable bonds is 9. The molecule has 0 amide bonds. The minimum Gasteiger partial charge on any atom is -0.265 e. The van der Waals surface area contributed by atoms with Gasteiger partial charge in [0.1, 0.15) is 0 Å². The number of halogens is 1. The van der Waals surface area contributed by atoms with E-state index in [1.54, 1.807) is 0 Å². The highest BCUT2D eigenvalue weighted by Crippen LogP contribution is 2.22. The Hall–Kier alpha value is -0.650. The van der Waals surface area contributed by atoms with Crippen LogP contribution in [0.25, 0.3) is 0 Å². The Bertz CT molecular complexity index is 343. The summed E-state index contributed by atoms with van der Waals surface area (Å²) in [6.07, 6.45) is 5.69. The molecule has 0 fully saturated rings. The fourth-order valence-corrected chi connectivity index (χ4v) is 2.65. The molecule has 1 rings (SSSR count). The molecule has 0 saturated carbocycles. The van der Waals surface area contributed by atoms with E-state index in [-0.39, 0.29) is 17.4 Å². The number of nitro groups is 1. The van der Waals surface area contributed by atoms with Crippen LogP contribution in [-0.2, 0) is 0 Å². The molecule has 0 N–H and O–H groups in total. The molecular formula is C14H20INO2. The molecule has 100 valence electrons. The summed E-state index contributed by atoms with van der Waals surface area (Å²) in [6.45, 7) is 0.0519. The van der Waals surface area contributed by atoms with Gasteiger partial charge in [0.2, 0.25) is 6.54 Å². The van der Waals surface area contributed by atoms with Crippen molar-refractivity contribution in [3.63, 3.8) is 0 Å². The maximum atomic E-state index is 10.7. The van der Waals surface area contributed by atoms with Gasteiger partial charge in [-0.1, -0.05) is 72.2 Å². The maximum absolute atomic E-state index is 10.7. The van der Waals surface area contributed by atoms with Crippen LogP contribution in [0.3, 0.4) is 0 Å². The highest BCUT2D eigenvalue weighted by Gasteiger charge is 2.16. The van der Waals surface area contributed by atoms with E-state index in [0.29, 0.717) is 0 Å². The van der Waals surface area contributed by atoms with Crippen LogP contribution in [0.1, 0.15) is 43.6 Å². The molecule has 0 bridgehead atoms. The maximum Gasteiger partial charge on any atom is 0.210 e. The van der Waals surface area contributed by atoms with Gasteiger partial charge < -0.3 is 0 Å². The summed E-state index contributed by atoms with van der Waals surface area (Å²) < 4.78 is 1.20. The number of unbranched alkanes of at least 4 members (excludes halogenated alkanes) is 3. The summed E-state index contributed by atoms with van der Waals surface area (Å²) in [5, 5.41) is 10.7. The van der Waals surface area contributed by atoms with Crippen molar-refractivity contribution in [2.45, 2.75) is 38.0 Å². The fourth-order valence-electron chi connectivity index (χ4n) is 2.11. The second kappa shape index (κ2) is 9.30. The van der Waals surface area contributed by atoms with Crippen LogP contribution in [0, 0.1) is 10.1 Å². The van der Waals surface area contributed by atoms with Gasteiger partial charge in [-0.15, -0.1) is 0 Å². The second-order valence-corrected chi connectivity index (χ2v) is 5.59. The molecule has 1 unspecified atom stereocenters. The highest BCUT2D eigenvalue weighted by atomic mass is 127. The zero-order valence-electron chi connectivity index (χ0n) is 10.6. The lowest BCUT2D eigenvalue weighted by Gasteiger charge is -2.12. The van der Waals surface area contributed by atoms with Gasteiger partial charge in [0.25, 0.3) is 0 Å². The van der Waals surface area contributed by atoms with Crippen LogP contribution in [0.2, 0.25) is 0 Å². The quantitative estimate of drug-likeness (QED) is 0.215. The third kappa shape index (κ3) is 6.33. The van der Waals surface area contributed by atoms with Crippen LogP contribution in [0.4, 0.5) is 0 Å². The van der Waals surface area contributed by atoms with Crippen LogP contribution < -0.4 is 0 Å². The molecule has 4 heteroatoms. The lowest BCUT2D eigenvalue weighted by molar-refractivity contribution is -0.483. The van der Waals surface area contributed by atoms with Gasteiger partial charge >= 0.3 is 0 Å². The zero-order valence-corrected chi connectivity index (χ0v) is 12.7. The molecular weight excluding hydrogens is 341 g/mol. The van der Waals surface area contributed by atoms with Crippen LogP contribution in [-0.4, -0.2) is 15.9 Å². The van der Waals surface area contributed by atoms with E-state index < -0.39 is 0 Å². The zero-order chi connectivity index (χ0) is 13.2. The molecule has 1 aromatic rings. The van der Waals surface area contributed by atoms with E-state index in [0.717, 1.165) is 18.4 Å². The molecule has 0 radical (unpaired) electrons. The Morgan fingerprint density at radius 2 is 1.78 bits per heavy atom. The standard InChI is InChI=1S/C14H20INO2/c15-11-7-2-1-4-10-14(12-16(17)18)13-8-5-3-6-9-13/h3,5-6,8-9,14H,1-2,4,7,10-12H2. The summed E-state index contributed by atoms with van der Waals surface area (Å²) in [6, 6.07) is 9.86. The van der Waals surface area contributed by atoms with E-state index in [1.807, 2.05) is 30.3 Å². The second-order valence-electron chi connectivity index (χ2n) is 4.51. The lowest BCUT2D eigenvalue weighted by atomic mass is 9.93. The van der Waals surface area contributed by atoms with Gasteiger partial charge in [-0.3, -0.25) is 10.1 Å². The first kappa shape index (κ1) is 15.4. The van der Waals surface area contributed by atoms with Crippen molar-refractivity contribution in [3.05, 3.63) is 46.0 Å². The highest BCUT2D eigenvalue weighted by molar-refractivity contribution is 14.1. The predicted molar refractivity (Wildman–Crippen MR) is 83.0 cm³/mol. The van der Waals surface area contributed by atoms with Gasteiger partial charge in [0.15, 0.2) is 0 Å². The van der Waals surface area contributed by atoms with Crippen molar-refractivity contribution in [3.8, 4) is 0 Å². The largest absolute Gasteiger partial charge is 0.265 e. The van der Waals surface area contributed by atoms with Crippen molar-refractivity contribution in [2.75, 3.05) is 11.0 Å². The molecule has 0 aliphatic carbocycles. The van der Waals surface area contributed by atoms with Gasteiger partial charge in [0, 0.05) is 10.8 Å². The summed E-state index contributed by atoms with van der Waals surface area (Å²) in [7, 11) is 0. The minimum absolute atomic E-state index is 0.0519. The first-order valence-corrected chi connectivity index (χ1v) is 7.99. The lowest BCUT2D eigenvalue weighted by Crippen LogP contribution is -2.12. The van der Waals surface area contributed by atoms with Crippen LogP contribution in [0.5, 0.6) is 0 Å². The molecule has 0 aliphatic heterocycles. The fraction of sp³-hybridized carbons (Fsp3) is 0.571. The molecule has 0 heterocycles. The third-order valence-electron chi connectivity index (χ3n) is 3.08. The van der Waals surface area contributed by atoms with E-state index in [2.05, 4.69) is 22.6 Å². The Labute approximate surface area is 122 Å². The molecule has 3 nitrogen and oxygen atoms in total. The van der Waals surface area contributed by atoms with E-state index in [9.17, 15) is 10.1 Å². The topological polar surface area (TPSA) is 43.1 Å². The average molecular weight is 361 g/mol. The Morgan fingerprint density at radius 3 is 2.39 bits per heavy atom. The normalized spacial score (nSPS) is 12.3. The van der Waals surface area contributed by atoms with Gasteiger partial charge in [-0.2, -0.15) is 0 Å². The van der Waals surface area contributed by atoms with Crippen molar-refractivity contribution in [1.82, 2.24) is 0 Å². The summed E-state index contributed by atoms with van der Waals surface area (Å²) in [4.78, 5) is 10.5. The van der Waals surface area contributed by atoms with Crippen molar-refractivity contribution in [2.24, 2.45) is 0 Å². The van der Waals surface area contributed by atoms with Crippen molar-refractivity contribution >= 4 is 22.6 Å². The third-order valence-corrected chi connectivity index (χ3v) is 3.84. The van der Waals surface area contributed by atoms with Gasteiger partial charge in [0.05, 0.1) is 0 Å². The predicted octanol–water partition coefficient (Wildman–Crippen LogP) is 4.43. The molecule has 0 spiro atoms. The average Bonchev–Trinajstić information content (AvgIpc) is 2.38. The van der Waals surface area contributed by atoms with Crippen molar-refractivity contribution < 1.29 is 4.92 Å². The van der Waals surface area contributed by atoms with Crippen LogP contribution in [0.15, 0.2) is 30.3 Å². The Kier molecular flexibility index (Phi) is 7.96.